The highest BCUT2D eigenvalue weighted by Gasteiger charge is 2.13. The number of anilines is 3. The van der Waals surface area contributed by atoms with Gasteiger partial charge in [-0.25, -0.2) is 0 Å². The molecule has 0 unspecified atom stereocenters. The summed E-state index contributed by atoms with van der Waals surface area (Å²) >= 11 is 6.09. The number of hydrogen-bond donors (Lipinski definition) is 2. The predicted octanol–water partition coefficient (Wildman–Crippen LogP) is 4.98. The highest BCUT2D eigenvalue weighted by atomic mass is 35.5. The molecule has 0 atom stereocenters. The summed E-state index contributed by atoms with van der Waals surface area (Å²) in [5.41, 5.74) is 3.70. The molecule has 0 heterocycles. The number of amides is 2. The Bertz CT molecular complexity index is 1000. The summed E-state index contributed by atoms with van der Waals surface area (Å²) in [4.78, 5) is 26.4. The van der Waals surface area contributed by atoms with Gasteiger partial charge in [-0.15, -0.1) is 0 Å². The number of nitrogens with one attached hydrogen (secondary N) is 2. The molecule has 148 valence electrons. The zero-order valence-electron chi connectivity index (χ0n) is 16.3. The summed E-state index contributed by atoms with van der Waals surface area (Å²) in [7, 11) is 1.73. The SMILES string of the molecule is Cc1c(Cl)cccc1NCC(=O)Nc1ccc(C(=O)N(C)c2ccccc2)cc1. The molecule has 5 nitrogen and oxygen atoms in total. The van der Waals surface area contributed by atoms with E-state index in [-0.39, 0.29) is 18.4 Å². The van der Waals surface area contributed by atoms with Crippen molar-refractivity contribution in [2.75, 3.05) is 29.1 Å². The first-order chi connectivity index (χ1) is 14.0. The molecule has 0 aliphatic carbocycles. The first kappa shape index (κ1) is 20.4. The second kappa shape index (κ2) is 9.26. The van der Waals surface area contributed by atoms with Crippen LogP contribution in [0.3, 0.4) is 0 Å². The van der Waals surface area contributed by atoms with Crippen LogP contribution in [0, 0.1) is 6.92 Å². The van der Waals surface area contributed by atoms with E-state index in [1.54, 1.807) is 42.3 Å². The number of nitrogens with zero attached hydrogens (tertiary/aromatic N) is 1. The van der Waals surface area contributed by atoms with Gasteiger partial charge in [0, 0.05) is 34.7 Å². The highest BCUT2D eigenvalue weighted by Crippen LogP contribution is 2.22. The van der Waals surface area contributed by atoms with E-state index >= 15 is 0 Å². The van der Waals surface area contributed by atoms with Gasteiger partial charge in [0.2, 0.25) is 5.91 Å². The fourth-order valence-corrected chi connectivity index (χ4v) is 3.01. The normalized spacial score (nSPS) is 10.3. The van der Waals surface area contributed by atoms with Gasteiger partial charge in [0.05, 0.1) is 6.54 Å². The molecule has 0 spiro atoms. The van der Waals surface area contributed by atoms with E-state index < -0.39 is 0 Å². The number of hydrogen-bond acceptors (Lipinski definition) is 3. The summed E-state index contributed by atoms with van der Waals surface area (Å²) in [6.45, 7) is 2.00. The van der Waals surface area contributed by atoms with E-state index in [1.807, 2.05) is 49.4 Å². The van der Waals surface area contributed by atoms with E-state index in [2.05, 4.69) is 10.6 Å². The van der Waals surface area contributed by atoms with Crippen molar-refractivity contribution >= 4 is 40.5 Å². The molecule has 29 heavy (non-hydrogen) atoms. The van der Waals surface area contributed by atoms with Crippen molar-refractivity contribution in [3.8, 4) is 0 Å². The van der Waals surface area contributed by atoms with Crippen LogP contribution in [-0.4, -0.2) is 25.4 Å². The minimum absolute atomic E-state index is 0.110. The summed E-state index contributed by atoms with van der Waals surface area (Å²) in [5.74, 6) is -0.308. The van der Waals surface area contributed by atoms with Gasteiger partial charge in [0.1, 0.15) is 0 Å². The zero-order chi connectivity index (χ0) is 20.8. The molecule has 0 saturated carbocycles. The topological polar surface area (TPSA) is 61.4 Å². The highest BCUT2D eigenvalue weighted by molar-refractivity contribution is 6.31. The minimum Gasteiger partial charge on any atom is -0.376 e. The first-order valence-corrected chi connectivity index (χ1v) is 9.55. The molecule has 2 N–H and O–H groups in total. The number of para-hydroxylation sites is 1. The fourth-order valence-electron chi connectivity index (χ4n) is 2.84. The maximum Gasteiger partial charge on any atom is 0.258 e. The van der Waals surface area contributed by atoms with E-state index in [1.165, 1.54) is 0 Å². The molecule has 0 bridgehead atoms. The largest absolute Gasteiger partial charge is 0.376 e. The first-order valence-electron chi connectivity index (χ1n) is 9.17. The molecule has 3 rings (SSSR count). The molecule has 3 aromatic carbocycles. The van der Waals surface area contributed by atoms with Crippen LogP contribution in [0.2, 0.25) is 5.02 Å². The van der Waals surface area contributed by atoms with Crippen LogP contribution in [0.4, 0.5) is 17.1 Å². The molecule has 3 aromatic rings. The molecule has 0 aliphatic rings. The lowest BCUT2D eigenvalue weighted by atomic mass is 10.1. The van der Waals surface area contributed by atoms with Crippen molar-refractivity contribution < 1.29 is 9.59 Å². The third-order valence-electron chi connectivity index (χ3n) is 4.57. The molecular formula is C23H22ClN3O2. The Kier molecular flexibility index (Phi) is 6.52. The summed E-state index contributed by atoms with van der Waals surface area (Å²) in [6, 6.07) is 21.8. The molecule has 2 amide bonds. The van der Waals surface area contributed by atoms with Crippen molar-refractivity contribution in [2.24, 2.45) is 0 Å². The van der Waals surface area contributed by atoms with Gasteiger partial charge < -0.3 is 15.5 Å². The number of carbonyl (C=O) groups is 2. The van der Waals surface area contributed by atoms with E-state index in [4.69, 9.17) is 11.6 Å². The molecule has 0 saturated heterocycles. The lowest BCUT2D eigenvalue weighted by molar-refractivity contribution is -0.114. The van der Waals surface area contributed by atoms with Crippen LogP contribution in [0.15, 0.2) is 72.8 Å². The molecular weight excluding hydrogens is 386 g/mol. The van der Waals surface area contributed by atoms with Crippen LogP contribution in [0.1, 0.15) is 15.9 Å². The average Bonchev–Trinajstić information content (AvgIpc) is 2.75. The van der Waals surface area contributed by atoms with Gasteiger partial charge in [-0.1, -0.05) is 35.9 Å². The lowest BCUT2D eigenvalue weighted by Gasteiger charge is -2.17. The van der Waals surface area contributed by atoms with Crippen molar-refractivity contribution in [1.82, 2.24) is 0 Å². The minimum atomic E-state index is -0.190. The Labute approximate surface area is 175 Å². The second-order valence-electron chi connectivity index (χ2n) is 6.59. The smallest absolute Gasteiger partial charge is 0.258 e. The number of rotatable bonds is 6. The number of carbonyl (C=O) groups excluding carboxylic acids is 2. The van der Waals surface area contributed by atoms with E-state index in [9.17, 15) is 9.59 Å². The Morgan fingerprint density at radius 3 is 2.31 bits per heavy atom. The van der Waals surface area contributed by atoms with Gasteiger partial charge in [-0.2, -0.15) is 0 Å². The standard InChI is InChI=1S/C23H22ClN3O2/c1-16-20(24)9-6-10-21(16)25-15-22(28)26-18-13-11-17(12-14-18)23(29)27(2)19-7-4-3-5-8-19/h3-14,25H,15H2,1-2H3,(H,26,28). The average molecular weight is 408 g/mol. The molecule has 0 aliphatic heterocycles. The van der Waals surface area contributed by atoms with Gasteiger partial charge in [0.15, 0.2) is 0 Å². The van der Waals surface area contributed by atoms with Crippen molar-refractivity contribution in [2.45, 2.75) is 6.92 Å². The third kappa shape index (κ3) is 5.15. The maximum absolute atomic E-state index is 12.6. The molecule has 6 heteroatoms. The second-order valence-corrected chi connectivity index (χ2v) is 7.00. The monoisotopic (exact) mass is 407 g/mol. The predicted molar refractivity (Wildman–Crippen MR) is 119 cm³/mol. The van der Waals surface area contributed by atoms with Crippen LogP contribution in [-0.2, 0) is 4.79 Å². The lowest BCUT2D eigenvalue weighted by Crippen LogP contribution is -2.26. The Hall–Kier alpha value is -3.31. The Morgan fingerprint density at radius 1 is 0.931 bits per heavy atom. The van der Waals surface area contributed by atoms with Gasteiger partial charge in [-0.05, 0) is 61.0 Å². The summed E-state index contributed by atoms with van der Waals surface area (Å²) in [6.07, 6.45) is 0. The van der Waals surface area contributed by atoms with Crippen molar-refractivity contribution in [3.05, 3.63) is 88.9 Å². The van der Waals surface area contributed by atoms with Crippen molar-refractivity contribution in [1.29, 1.82) is 0 Å². The maximum atomic E-state index is 12.6. The van der Waals surface area contributed by atoms with Crippen LogP contribution in [0.5, 0.6) is 0 Å². The van der Waals surface area contributed by atoms with E-state index in [0.29, 0.717) is 16.3 Å². The molecule has 0 radical (unpaired) electrons. The summed E-state index contributed by atoms with van der Waals surface area (Å²) in [5, 5.41) is 6.54. The molecule has 0 aromatic heterocycles. The Balaban J connectivity index is 1.58. The van der Waals surface area contributed by atoms with Gasteiger partial charge >= 0.3 is 0 Å². The van der Waals surface area contributed by atoms with Gasteiger partial charge in [-0.3, -0.25) is 9.59 Å². The fraction of sp³-hybridized carbons (Fsp3) is 0.130. The van der Waals surface area contributed by atoms with Crippen LogP contribution < -0.4 is 15.5 Å². The van der Waals surface area contributed by atoms with Crippen LogP contribution >= 0.6 is 11.6 Å². The number of benzene rings is 3. The van der Waals surface area contributed by atoms with E-state index in [0.717, 1.165) is 16.9 Å². The van der Waals surface area contributed by atoms with Gasteiger partial charge in [0.25, 0.3) is 5.91 Å². The third-order valence-corrected chi connectivity index (χ3v) is 4.98. The van der Waals surface area contributed by atoms with Crippen LogP contribution in [0.25, 0.3) is 0 Å². The van der Waals surface area contributed by atoms with Crippen molar-refractivity contribution in [3.63, 3.8) is 0 Å². The summed E-state index contributed by atoms with van der Waals surface area (Å²) < 4.78 is 0. The zero-order valence-corrected chi connectivity index (χ0v) is 17.0. The quantitative estimate of drug-likeness (QED) is 0.606. The Morgan fingerprint density at radius 2 is 1.62 bits per heavy atom. The number of halogens is 1. The molecule has 0 fully saturated rings.